The number of nitriles is 1. The van der Waals surface area contributed by atoms with Crippen LogP contribution in [0.4, 0.5) is 0 Å². The van der Waals surface area contributed by atoms with E-state index in [0.717, 1.165) is 11.1 Å². The highest BCUT2D eigenvalue weighted by molar-refractivity contribution is 5.67. The first-order valence-electron chi connectivity index (χ1n) is 6.45. The molecule has 0 atom stereocenters. The van der Waals surface area contributed by atoms with Gasteiger partial charge < -0.3 is 9.67 Å². The highest BCUT2D eigenvalue weighted by atomic mass is 16.4. The topological polar surface area (TPSA) is 83.1 Å². The third-order valence-electron chi connectivity index (χ3n) is 3.19. The van der Waals surface area contributed by atoms with Gasteiger partial charge in [-0.3, -0.25) is 9.59 Å². The monoisotopic (exact) mass is 282 g/mol. The number of aliphatic carboxylic acids is 1. The standard InChI is InChI=1S/C16H14N2O3/c1-11-2-4-12(5-3-11)14-7-6-13(10-17)16(21)18(14)9-8-15(19)20/h2-7H,8-9H2,1H3,(H,19,20). The molecule has 1 aromatic heterocycles. The number of hydrogen-bond acceptors (Lipinski definition) is 3. The summed E-state index contributed by atoms with van der Waals surface area (Å²) >= 11 is 0. The van der Waals surface area contributed by atoms with Crippen molar-refractivity contribution in [2.24, 2.45) is 0 Å². The van der Waals surface area contributed by atoms with E-state index in [1.54, 1.807) is 6.07 Å². The number of benzene rings is 1. The molecule has 0 unspecified atom stereocenters. The molecule has 0 radical (unpaired) electrons. The third kappa shape index (κ3) is 3.18. The molecule has 5 nitrogen and oxygen atoms in total. The lowest BCUT2D eigenvalue weighted by Gasteiger charge is -2.12. The number of hydrogen-bond donors (Lipinski definition) is 1. The van der Waals surface area contributed by atoms with E-state index in [1.807, 2.05) is 37.3 Å². The zero-order valence-electron chi connectivity index (χ0n) is 11.5. The van der Waals surface area contributed by atoms with Crippen molar-refractivity contribution >= 4 is 5.97 Å². The predicted molar refractivity (Wildman–Crippen MR) is 77.8 cm³/mol. The number of rotatable bonds is 4. The van der Waals surface area contributed by atoms with Gasteiger partial charge in [-0.15, -0.1) is 0 Å². The Labute approximate surface area is 121 Å². The quantitative estimate of drug-likeness (QED) is 0.931. The van der Waals surface area contributed by atoms with Crippen LogP contribution in [0.25, 0.3) is 11.3 Å². The molecular formula is C16H14N2O3. The number of nitrogens with zero attached hydrogens (tertiary/aromatic N) is 2. The van der Waals surface area contributed by atoms with E-state index < -0.39 is 11.5 Å². The van der Waals surface area contributed by atoms with Crippen LogP contribution in [-0.2, 0) is 11.3 Å². The van der Waals surface area contributed by atoms with Crippen molar-refractivity contribution in [2.75, 3.05) is 0 Å². The molecule has 0 aliphatic carbocycles. The highest BCUT2D eigenvalue weighted by Crippen LogP contribution is 2.19. The third-order valence-corrected chi connectivity index (χ3v) is 3.19. The zero-order valence-corrected chi connectivity index (χ0v) is 11.5. The number of aryl methyl sites for hydroxylation is 1. The second kappa shape index (κ2) is 6.06. The number of carboxylic acid groups (broad SMARTS) is 1. The van der Waals surface area contributed by atoms with Gasteiger partial charge in [-0.25, -0.2) is 0 Å². The Morgan fingerprint density at radius 2 is 1.90 bits per heavy atom. The molecule has 5 heteroatoms. The van der Waals surface area contributed by atoms with Crippen LogP contribution >= 0.6 is 0 Å². The van der Waals surface area contributed by atoms with Gasteiger partial charge in [0.2, 0.25) is 0 Å². The molecule has 0 saturated carbocycles. The Kier molecular flexibility index (Phi) is 4.19. The Bertz CT molecular complexity index is 768. The van der Waals surface area contributed by atoms with Gasteiger partial charge in [0.25, 0.3) is 5.56 Å². The second-order valence-corrected chi connectivity index (χ2v) is 4.71. The summed E-state index contributed by atoms with van der Waals surface area (Å²) in [6.45, 7) is 1.99. The lowest BCUT2D eigenvalue weighted by molar-refractivity contribution is -0.137. The summed E-state index contributed by atoms with van der Waals surface area (Å²) in [5.41, 5.74) is 2.06. The summed E-state index contributed by atoms with van der Waals surface area (Å²) in [5, 5.41) is 17.7. The maximum atomic E-state index is 12.2. The average Bonchev–Trinajstić information content (AvgIpc) is 2.46. The molecule has 106 valence electrons. The van der Waals surface area contributed by atoms with Crippen LogP contribution in [-0.4, -0.2) is 15.6 Å². The number of pyridine rings is 1. The largest absolute Gasteiger partial charge is 0.481 e. The van der Waals surface area contributed by atoms with E-state index in [-0.39, 0.29) is 18.5 Å². The van der Waals surface area contributed by atoms with Crippen LogP contribution in [0.3, 0.4) is 0 Å². The molecule has 0 spiro atoms. The summed E-state index contributed by atoms with van der Waals surface area (Å²) in [6.07, 6.45) is -0.173. The lowest BCUT2D eigenvalue weighted by atomic mass is 10.1. The maximum Gasteiger partial charge on any atom is 0.305 e. The van der Waals surface area contributed by atoms with Crippen molar-refractivity contribution in [1.29, 1.82) is 5.26 Å². The number of aromatic nitrogens is 1. The lowest BCUT2D eigenvalue weighted by Crippen LogP contribution is -2.25. The fraction of sp³-hybridized carbons (Fsp3) is 0.188. The van der Waals surface area contributed by atoms with E-state index in [0.29, 0.717) is 5.69 Å². The highest BCUT2D eigenvalue weighted by Gasteiger charge is 2.11. The minimum Gasteiger partial charge on any atom is -0.481 e. The molecular weight excluding hydrogens is 268 g/mol. The summed E-state index contributed by atoms with van der Waals surface area (Å²) in [6, 6.07) is 12.5. The van der Waals surface area contributed by atoms with Crippen molar-refractivity contribution < 1.29 is 9.90 Å². The normalized spacial score (nSPS) is 10.1. The molecule has 2 rings (SSSR count). The van der Waals surface area contributed by atoms with Crippen LogP contribution in [0.1, 0.15) is 17.5 Å². The van der Waals surface area contributed by atoms with Gasteiger partial charge in [0, 0.05) is 6.54 Å². The number of carboxylic acids is 1. The van der Waals surface area contributed by atoms with E-state index in [2.05, 4.69) is 0 Å². The molecule has 0 amide bonds. The molecule has 0 saturated heterocycles. The molecule has 2 aromatic rings. The molecule has 21 heavy (non-hydrogen) atoms. The van der Waals surface area contributed by atoms with Crippen LogP contribution in [0.15, 0.2) is 41.2 Å². The van der Waals surface area contributed by atoms with Gasteiger partial charge in [-0.2, -0.15) is 5.26 Å². The Balaban J connectivity index is 2.57. The van der Waals surface area contributed by atoms with Gasteiger partial charge in [-0.05, 0) is 24.6 Å². The van der Waals surface area contributed by atoms with E-state index in [4.69, 9.17) is 10.4 Å². The molecule has 0 aliphatic rings. The molecule has 1 heterocycles. The van der Waals surface area contributed by atoms with Crippen molar-refractivity contribution in [3.8, 4) is 17.3 Å². The summed E-state index contributed by atoms with van der Waals surface area (Å²) in [5.74, 6) is -0.987. The zero-order chi connectivity index (χ0) is 15.4. The average molecular weight is 282 g/mol. The van der Waals surface area contributed by atoms with E-state index >= 15 is 0 Å². The first-order valence-corrected chi connectivity index (χ1v) is 6.45. The summed E-state index contributed by atoms with van der Waals surface area (Å²) in [7, 11) is 0. The predicted octanol–water partition coefficient (Wildman–Crippen LogP) is 2.17. The van der Waals surface area contributed by atoms with Crippen molar-refractivity contribution in [2.45, 2.75) is 19.9 Å². The second-order valence-electron chi connectivity index (χ2n) is 4.71. The molecule has 1 N–H and O–H groups in total. The minimum atomic E-state index is -0.987. The summed E-state index contributed by atoms with van der Waals surface area (Å²) < 4.78 is 1.34. The SMILES string of the molecule is Cc1ccc(-c2ccc(C#N)c(=O)n2CCC(=O)O)cc1. The van der Waals surface area contributed by atoms with Gasteiger partial charge in [-0.1, -0.05) is 29.8 Å². The van der Waals surface area contributed by atoms with Crippen molar-refractivity contribution in [3.05, 3.63) is 57.9 Å². The molecule has 0 fully saturated rings. The molecule has 0 bridgehead atoms. The van der Waals surface area contributed by atoms with Crippen LogP contribution < -0.4 is 5.56 Å². The minimum absolute atomic E-state index is 0.0104. The fourth-order valence-corrected chi connectivity index (χ4v) is 2.07. The fourth-order valence-electron chi connectivity index (χ4n) is 2.07. The van der Waals surface area contributed by atoms with Gasteiger partial charge in [0.15, 0.2) is 0 Å². The summed E-state index contributed by atoms with van der Waals surface area (Å²) in [4.78, 5) is 23.0. The van der Waals surface area contributed by atoms with E-state index in [1.165, 1.54) is 10.6 Å². The Morgan fingerprint density at radius 3 is 2.48 bits per heavy atom. The van der Waals surface area contributed by atoms with Gasteiger partial charge >= 0.3 is 5.97 Å². The van der Waals surface area contributed by atoms with Crippen LogP contribution in [0.2, 0.25) is 0 Å². The van der Waals surface area contributed by atoms with Gasteiger partial charge in [0.1, 0.15) is 11.6 Å². The van der Waals surface area contributed by atoms with Crippen LogP contribution in [0, 0.1) is 18.3 Å². The van der Waals surface area contributed by atoms with Crippen molar-refractivity contribution in [1.82, 2.24) is 4.57 Å². The molecule has 0 aliphatic heterocycles. The van der Waals surface area contributed by atoms with Crippen LogP contribution in [0.5, 0.6) is 0 Å². The Hall–Kier alpha value is -2.87. The number of carbonyl (C=O) groups is 1. The first kappa shape index (κ1) is 14.5. The van der Waals surface area contributed by atoms with Gasteiger partial charge in [0.05, 0.1) is 12.1 Å². The Morgan fingerprint density at radius 1 is 1.24 bits per heavy atom. The molecule has 1 aromatic carbocycles. The van der Waals surface area contributed by atoms with E-state index in [9.17, 15) is 9.59 Å². The smallest absolute Gasteiger partial charge is 0.305 e. The van der Waals surface area contributed by atoms with Crippen molar-refractivity contribution in [3.63, 3.8) is 0 Å². The maximum absolute atomic E-state index is 12.2. The first-order chi connectivity index (χ1) is 10.0.